The fourth-order valence-corrected chi connectivity index (χ4v) is 2.31. The Morgan fingerprint density at radius 2 is 2.25 bits per heavy atom. The predicted octanol–water partition coefficient (Wildman–Crippen LogP) is 3.93. The Balaban J connectivity index is 2.41. The van der Waals surface area contributed by atoms with Crippen LogP contribution in [-0.2, 0) is 4.74 Å². The fourth-order valence-electron chi connectivity index (χ4n) is 2.03. The minimum Gasteiger partial charge on any atom is -0.440 e. The van der Waals surface area contributed by atoms with Gasteiger partial charge in [-0.3, -0.25) is 10.1 Å². The van der Waals surface area contributed by atoms with Gasteiger partial charge in [-0.15, -0.1) is 0 Å². The molecule has 0 saturated carbocycles. The second kappa shape index (κ2) is 5.25. The summed E-state index contributed by atoms with van der Waals surface area (Å²) in [6.07, 6.45) is 0.751. The Hall–Kier alpha value is -1.88. The molecule has 0 bridgehead atoms. The Morgan fingerprint density at radius 1 is 1.55 bits per heavy atom. The van der Waals surface area contributed by atoms with Crippen LogP contribution in [0.5, 0.6) is 0 Å². The Labute approximate surface area is 122 Å². The summed E-state index contributed by atoms with van der Waals surface area (Å²) in [4.78, 5) is 15.0. The number of hydrogen-bond donors (Lipinski definition) is 0. The SMILES string of the molecule is CCC1(C)N=C(c2ccc([N+](=O)[O-])c(C)c2)OC1=CCl. The van der Waals surface area contributed by atoms with Crippen LogP contribution in [0.2, 0.25) is 0 Å². The van der Waals surface area contributed by atoms with E-state index >= 15 is 0 Å². The van der Waals surface area contributed by atoms with E-state index in [9.17, 15) is 10.1 Å². The first-order chi connectivity index (χ1) is 9.41. The van der Waals surface area contributed by atoms with Crippen LogP contribution in [0.1, 0.15) is 31.4 Å². The molecular weight excluding hydrogens is 280 g/mol. The van der Waals surface area contributed by atoms with Gasteiger partial charge in [-0.05, 0) is 32.4 Å². The van der Waals surface area contributed by atoms with Gasteiger partial charge in [0.25, 0.3) is 5.69 Å². The zero-order chi connectivity index (χ0) is 14.9. The van der Waals surface area contributed by atoms with Crippen molar-refractivity contribution >= 4 is 23.2 Å². The molecule has 1 heterocycles. The van der Waals surface area contributed by atoms with Gasteiger partial charge >= 0.3 is 0 Å². The number of ether oxygens (including phenoxy) is 1. The van der Waals surface area contributed by atoms with Crippen LogP contribution in [0.3, 0.4) is 0 Å². The number of nitro groups is 1. The lowest BCUT2D eigenvalue weighted by atomic mass is 9.99. The van der Waals surface area contributed by atoms with Crippen molar-refractivity contribution in [3.63, 3.8) is 0 Å². The molecule has 1 atom stereocenters. The number of nitrogens with zero attached hydrogens (tertiary/aromatic N) is 2. The van der Waals surface area contributed by atoms with E-state index in [-0.39, 0.29) is 5.69 Å². The molecule has 0 spiro atoms. The highest BCUT2D eigenvalue weighted by atomic mass is 35.5. The molecule has 1 aliphatic heterocycles. The van der Waals surface area contributed by atoms with E-state index in [0.717, 1.165) is 6.42 Å². The summed E-state index contributed by atoms with van der Waals surface area (Å²) in [7, 11) is 0. The summed E-state index contributed by atoms with van der Waals surface area (Å²) in [6.45, 7) is 5.62. The summed E-state index contributed by atoms with van der Waals surface area (Å²) < 4.78 is 5.67. The van der Waals surface area contributed by atoms with Crippen molar-refractivity contribution in [1.82, 2.24) is 0 Å². The molecule has 106 valence electrons. The standard InChI is InChI=1S/C14H15ClN2O3/c1-4-14(3)12(8-15)20-13(16-14)10-5-6-11(17(18)19)9(2)7-10/h5-8H,4H2,1-3H3. The number of nitro benzene ring substituents is 1. The quantitative estimate of drug-likeness (QED) is 0.626. The van der Waals surface area contributed by atoms with E-state index in [1.165, 1.54) is 11.6 Å². The third-order valence-corrected chi connectivity index (χ3v) is 3.71. The topological polar surface area (TPSA) is 64.7 Å². The molecular formula is C14H15ClN2O3. The van der Waals surface area contributed by atoms with Crippen LogP contribution >= 0.6 is 11.6 Å². The van der Waals surface area contributed by atoms with Crippen molar-refractivity contribution in [3.05, 3.63) is 50.7 Å². The first-order valence-corrected chi connectivity index (χ1v) is 6.69. The van der Waals surface area contributed by atoms with E-state index < -0.39 is 10.5 Å². The molecule has 1 aromatic carbocycles. The molecule has 2 rings (SSSR count). The van der Waals surface area contributed by atoms with Gasteiger partial charge in [0.05, 0.1) is 4.92 Å². The smallest absolute Gasteiger partial charge is 0.272 e. The van der Waals surface area contributed by atoms with Gasteiger partial charge in [-0.2, -0.15) is 0 Å². The maximum Gasteiger partial charge on any atom is 0.272 e. The van der Waals surface area contributed by atoms with E-state index in [1.807, 2.05) is 13.8 Å². The summed E-state index contributed by atoms with van der Waals surface area (Å²) in [5.74, 6) is 1.03. The maximum absolute atomic E-state index is 10.8. The van der Waals surface area contributed by atoms with Crippen LogP contribution in [0, 0.1) is 17.0 Å². The van der Waals surface area contributed by atoms with Crippen molar-refractivity contribution in [2.24, 2.45) is 4.99 Å². The number of aliphatic imine (C=N–C) groups is 1. The molecule has 1 aromatic rings. The summed E-state index contributed by atoms with van der Waals surface area (Å²) >= 11 is 5.77. The van der Waals surface area contributed by atoms with E-state index in [4.69, 9.17) is 16.3 Å². The van der Waals surface area contributed by atoms with Crippen molar-refractivity contribution in [2.75, 3.05) is 0 Å². The molecule has 0 saturated heterocycles. The number of benzene rings is 1. The zero-order valence-electron chi connectivity index (χ0n) is 11.5. The van der Waals surface area contributed by atoms with E-state index in [2.05, 4.69) is 4.99 Å². The molecule has 5 nitrogen and oxygen atoms in total. The van der Waals surface area contributed by atoms with Crippen molar-refractivity contribution in [3.8, 4) is 0 Å². The molecule has 1 aliphatic rings. The molecule has 1 unspecified atom stereocenters. The molecule has 0 radical (unpaired) electrons. The van der Waals surface area contributed by atoms with Gasteiger partial charge in [0.2, 0.25) is 5.90 Å². The highest BCUT2D eigenvalue weighted by Crippen LogP contribution is 2.35. The van der Waals surface area contributed by atoms with Crippen molar-refractivity contribution in [2.45, 2.75) is 32.7 Å². The highest BCUT2D eigenvalue weighted by Gasteiger charge is 2.36. The number of halogens is 1. The first-order valence-electron chi connectivity index (χ1n) is 6.25. The van der Waals surface area contributed by atoms with Gasteiger partial charge in [0, 0.05) is 22.7 Å². The lowest BCUT2D eigenvalue weighted by Crippen LogP contribution is -2.19. The van der Waals surface area contributed by atoms with Crippen LogP contribution in [0.4, 0.5) is 5.69 Å². The maximum atomic E-state index is 10.8. The van der Waals surface area contributed by atoms with Crippen molar-refractivity contribution < 1.29 is 9.66 Å². The molecule has 0 aromatic heterocycles. The second-order valence-corrected chi connectivity index (χ2v) is 5.10. The summed E-state index contributed by atoms with van der Waals surface area (Å²) in [5, 5.41) is 10.8. The van der Waals surface area contributed by atoms with Crippen LogP contribution < -0.4 is 0 Å². The fraction of sp³-hybridized carbons (Fsp3) is 0.357. The third kappa shape index (κ3) is 2.41. The summed E-state index contributed by atoms with van der Waals surface area (Å²) in [5.41, 5.74) is 2.27. The largest absolute Gasteiger partial charge is 0.440 e. The Bertz CT molecular complexity index is 625. The zero-order valence-corrected chi connectivity index (χ0v) is 12.3. The van der Waals surface area contributed by atoms with Crippen molar-refractivity contribution in [1.29, 1.82) is 0 Å². The molecule has 0 amide bonds. The molecule has 0 fully saturated rings. The second-order valence-electron chi connectivity index (χ2n) is 4.88. The van der Waals surface area contributed by atoms with Gasteiger partial charge in [0.15, 0.2) is 0 Å². The highest BCUT2D eigenvalue weighted by molar-refractivity contribution is 6.26. The monoisotopic (exact) mass is 294 g/mol. The number of hydrogen-bond acceptors (Lipinski definition) is 4. The lowest BCUT2D eigenvalue weighted by Gasteiger charge is -2.16. The molecule has 20 heavy (non-hydrogen) atoms. The van der Waals surface area contributed by atoms with Crippen LogP contribution in [-0.4, -0.2) is 16.4 Å². The average Bonchev–Trinajstić information content (AvgIpc) is 2.76. The predicted molar refractivity (Wildman–Crippen MR) is 78.1 cm³/mol. The number of rotatable bonds is 3. The van der Waals surface area contributed by atoms with Gasteiger partial charge in [-0.25, -0.2) is 4.99 Å². The van der Waals surface area contributed by atoms with Gasteiger partial charge < -0.3 is 4.74 Å². The van der Waals surface area contributed by atoms with Gasteiger partial charge in [0.1, 0.15) is 11.3 Å². The van der Waals surface area contributed by atoms with Crippen LogP contribution in [0.25, 0.3) is 0 Å². The number of aryl methyl sites for hydroxylation is 1. The molecule has 6 heteroatoms. The van der Waals surface area contributed by atoms with Gasteiger partial charge in [-0.1, -0.05) is 18.5 Å². The van der Waals surface area contributed by atoms with E-state index in [0.29, 0.717) is 22.8 Å². The minimum absolute atomic E-state index is 0.0821. The van der Waals surface area contributed by atoms with E-state index in [1.54, 1.807) is 19.1 Å². The Morgan fingerprint density at radius 3 is 2.70 bits per heavy atom. The molecule has 0 aliphatic carbocycles. The van der Waals surface area contributed by atoms with Crippen LogP contribution in [0.15, 0.2) is 34.5 Å². The lowest BCUT2D eigenvalue weighted by molar-refractivity contribution is -0.385. The minimum atomic E-state index is -0.479. The first kappa shape index (κ1) is 14.5. The average molecular weight is 295 g/mol. The summed E-state index contributed by atoms with van der Waals surface area (Å²) in [6, 6.07) is 4.80. The normalized spacial score (nSPS) is 23.6. The third-order valence-electron chi connectivity index (χ3n) is 3.51. The molecule has 0 N–H and O–H groups in total. The Kier molecular flexibility index (Phi) is 3.81.